The molecule has 0 spiro atoms. The van der Waals surface area contributed by atoms with Crippen LogP contribution in [0.5, 0.6) is 11.5 Å². The van der Waals surface area contributed by atoms with Gasteiger partial charge < -0.3 is 24.6 Å². The van der Waals surface area contributed by atoms with Crippen LogP contribution in [0.25, 0.3) is 0 Å². The number of fused-ring (bicyclic) bond motifs is 1. The molecule has 8 nitrogen and oxygen atoms in total. The zero-order chi connectivity index (χ0) is 24.4. The fourth-order valence-electron chi connectivity index (χ4n) is 5.17. The number of likely N-dealkylation sites (tertiary alicyclic amines) is 2. The highest BCUT2D eigenvalue weighted by Gasteiger charge is 2.37. The van der Waals surface area contributed by atoms with Crippen molar-refractivity contribution in [3.05, 3.63) is 59.2 Å². The first-order chi connectivity index (χ1) is 17.0. The summed E-state index contributed by atoms with van der Waals surface area (Å²) in [5.74, 6) is 0.897. The van der Waals surface area contributed by atoms with Crippen LogP contribution >= 0.6 is 0 Å². The zero-order valence-corrected chi connectivity index (χ0v) is 20.0. The van der Waals surface area contributed by atoms with Crippen molar-refractivity contribution in [2.45, 2.75) is 38.6 Å². The van der Waals surface area contributed by atoms with E-state index in [1.165, 1.54) is 0 Å². The van der Waals surface area contributed by atoms with Crippen molar-refractivity contribution >= 4 is 17.7 Å². The SMILES string of the molecule is Cc1cccc(C(=O)N[C@H](C(=O)N2CCCC2)C2CCN(C(=O)c3ccc4c(c3)OCO4)CC2)c1. The molecule has 35 heavy (non-hydrogen) atoms. The van der Waals surface area contributed by atoms with Gasteiger partial charge in [-0.1, -0.05) is 17.7 Å². The summed E-state index contributed by atoms with van der Waals surface area (Å²) in [6.45, 7) is 4.63. The van der Waals surface area contributed by atoms with E-state index in [1.807, 2.05) is 34.9 Å². The van der Waals surface area contributed by atoms with E-state index in [4.69, 9.17) is 9.47 Å². The summed E-state index contributed by atoms with van der Waals surface area (Å²) >= 11 is 0. The molecule has 184 valence electrons. The highest BCUT2D eigenvalue weighted by molar-refractivity contribution is 5.98. The van der Waals surface area contributed by atoms with E-state index in [2.05, 4.69) is 5.32 Å². The third-order valence-corrected chi connectivity index (χ3v) is 7.17. The number of hydrogen-bond donors (Lipinski definition) is 1. The highest BCUT2D eigenvalue weighted by Crippen LogP contribution is 2.33. The number of nitrogens with zero attached hydrogens (tertiary/aromatic N) is 2. The second kappa shape index (κ2) is 9.98. The molecule has 2 aromatic rings. The molecule has 0 saturated carbocycles. The van der Waals surface area contributed by atoms with Crippen LogP contribution in [0.2, 0.25) is 0 Å². The van der Waals surface area contributed by atoms with Gasteiger partial charge in [0.05, 0.1) is 0 Å². The normalized spacial score (nSPS) is 18.4. The first-order valence-corrected chi connectivity index (χ1v) is 12.3. The predicted octanol–water partition coefficient (Wildman–Crippen LogP) is 3.00. The molecule has 0 unspecified atom stereocenters. The summed E-state index contributed by atoms with van der Waals surface area (Å²) in [7, 11) is 0. The van der Waals surface area contributed by atoms with Gasteiger partial charge in [0.1, 0.15) is 6.04 Å². The van der Waals surface area contributed by atoms with E-state index >= 15 is 0 Å². The quantitative estimate of drug-likeness (QED) is 0.715. The lowest BCUT2D eigenvalue weighted by Crippen LogP contribution is -2.54. The van der Waals surface area contributed by atoms with Crippen molar-refractivity contribution in [1.82, 2.24) is 15.1 Å². The molecule has 1 atom stereocenters. The zero-order valence-electron chi connectivity index (χ0n) is 20.0. The average molecular weight is 478 g/mol. The molecule has 8 heteroatoms. The Morgan fingerprint density at radius 2 is 1.63 bits per heavy atom. The van der Waals surface area contributed by atoms with Gasteiger partial charge in [-0.3, -0.25) is 14.4 Å². The van der Waals surface area contributed by atoms with E-state index in [1.54, 1.807) is 24.3 Å². The van der Waals surface area contributed by atoms with E-state index in [9.17, 15) is 14.4 Å². The number of carbonyl (C=O) groups excluding carboxylic acids is 3. The third-order valence-electron chi connectivity index (χ3n) is 7.17. The maximum atomic E-state index is 13.4. The standard InChI is InChI=1S/C27H31N3O5/c1-18-5-4-6-20(15-18)25(31)28-24(27(33)29-11-2-3-12-29)19-9-13-30(14-10-19)26(32)21-7-8-22-23(16-21)35-17-34-22/h4-8,15-16,19,24H,2-3,9-14,17H2,1H3,(H,28,31)/t24-/m0/s1. The second-order valence-electron chi connectivity index (χ2n) is 9.55. The summed E-state index contributed by atoms with van der Waals surface area (Å²) in [5, 5.41) is 3.05. The van der Waals surface area contributed by atoms with Gasteiger partial charge in [-0.05, 0) is 68.9 Å². The maximum absolute atomic E-state index is 13.4. The molecule has 0 aromatic heterocycles. The number of amides is 3. The average Bonchev–Trinajstić information content (AvgIpc) is 3.58. The van der Waals surface area contributed by atoms with Crippen LogP contribution in [0.4, 0.5) is 0 Å². The van der Waals surface area contributed by atoms with E-state index in [0.717, 1.165) is 31.5 Å². The monoisotopic (exact) mass is 477 g/mol. The van der Waals surface area contributed by atoms with Crippen molar-refractivity contribution in [3.63, 3.8) is 0 Å². The number of hydrogen-bond acceptors (Lipinski definition) is 5. The fourth-order valence-corrected chi connectivity index (χ4v) is 5.17. The number of rotatable bonds is 5. The van der Waals surface area contributed by atoms with Crippen LogP contribution in [-0.4, -0.2) is 66.5 Å². The maximum Gasteiger partial charge on any atom is 0.253 e. The summed E-state index contributed by atoms with van der Waals surface area (Å²) in [6, 6.07) is 12.0. The molecule has 0 aliphatic carbocycles. The first kappa shape index (κ1) is 23.2. The summed E-state index contributed by atoms with van der Waals surface area (Å²) in [5.41, 5.74) is 2.11. The Bertz CT molecular complexity index is 1120. The molecule has 2 fully saturated rings. The molecule has 2 aromatic carbocycles. The van der Waals surface area contributed by atoms with Crippen LogP contribution in [-0.2, 0) is 4.79 Å². The van der Waals surface area contributed by atoms with Gasteiger partial charge in [-0.2, -0.15) is 0 Å². The smallest absolute Gasteiger partial charge is 0.253 e. The van der Waals surface area contributed by atoms with Crippen molar-refractivity contribution in [2.75, 3.05) is 33.0 Å². The lowest BCUT2D eigenvalue weighted by molar-refractivity contribution is -0.134. The number of piperidine rings is 1. The molecule has 3 aliphatic rings. The highest BCUT2D eigenvalue weighted by atomic mass is 16.7. The Kier molecular flexibility index (Phi) is 6.61. The minimum atomic E-state index is -0.594. The number of benzene rings is 2. The van der Waals surface area contributed by atoms with Crippen LogP contribution < -0.4 is 14.8 Å². The minimum absolute atomic E-state index is 0.0101. The minimum Gasteiger partial charge on any atom is -0.454 e. The number of aryl methyl sites for hydroxylation is 1. The first-order valence-electron chi connectivity index (χ1n) is 12.3. The largest absolute Gasteiger partial charge is 0.454 e. The molecule has 1 N–H and O–H groups in total. The lowest BCUT2D eigenvalue weighted by atomic mass is 9.88. The molecule has 3 aliphatic heterocycles. The Balaban J connectivity index is 1.27. The van der Waals surface area contributed by atoms with Gasteiger partial charge in [0, 0.05) is 37.3 Å². The van der Waals surface area contributed by atoms with Crippen molar-refractivity contribution in [3.8, 4) is 11.5 Å². The van der Waals surface area contributed by atoms with Crippen molar-refractivity contribution in [1.29, 1.82) is 0 Å². The molecule has 2 saturated heterocycles. The van der Waals surface area contributed by atoms with Crippen LogP contribution in [0.15, 0.2) is 42.5 Å². The Morgan fingerprint density at radius 3 is 2.37 bits per heavy atom. The predicted molar refractivity (Wildman–Crippen MR) is 129 cm³/mol. The summed E-state index contributed by atoms with van der Waals surface area (Å²) in [4.78, 5) is 43.3. The molecular weight excluding hydrogens is 446 g/mol. The van der Waals surface area contributed by atoms with E-state index < -0.39 is 6.04 Å². The van der Waals surface area contributed by atoms with Gasteiger partial charge in [0.15, 0.2) is 11.5 Å². The van der Waals surface area contributed by atoms with Gasteiger partial charge >= 0.3 is 0 Å². The van der Waals surface area contributed by atoms with Crippen LogP contribution in [0.3, 0.4) is 0 Å². The van der Waals surface area contributed by atoms with Crippen molar-refractivity contribution in [2.24, 2.45) is 5.92 Å². The lowest BCUT2D eigenvalue weighted by Gasteiger charge is -2.37. The number of nitrogens with one attached hydrogen (secondary N) is 1. The molecular formula is C27H31N3O5. The third kappa shape index (κ3) is 4.97. The molecule has 0 radical (unpaired) electrons. The Labute approximate surface area is 205 Å². The summed E-state index contributed by atoms with van der Waals surface area (Å²) < 4.78 is 10.7. The Hall–Kier alpha value is -3.55. The molecule has 5 rings (SSSR count). The number of ether oxygens (including phenoxy) is 2. The fraction of sp³-hybridized carbons (Fsp3) is 0.444. The summed E-state index contributed by atoms with van der Waals surface area (Å²) in [6.07, 6.45) is 3.28. The second-order valence-corrected chi connectivity index (χ2v) is 9.55. The van der Waals surface area contributed by atoms with E-state index in [0.29, 0.717) is 48.6 Å². The molecule has 3 heterocycles. The van der Waals surface area contributed by atoms with Crippen LogP contribution in [0, 0.1) is 12.8 Å². The number of carbonyl (C=O) groups is 3. The van der Waals surface area contributed by atoms with Gasteiger partial charge in [0.2, 0.25) is 12.7 Å². The molecule has 3 amide bonds. The van der Waals surface area contributed by atoms with Gasteiger partial charge in [0.25, 0.3) is 11.8 Å². The van der Waals surface area contributed by atoms with E-state index in [-0.39, 0.29) is 30.4 Å². The Morgan fingerprint density at radius 1 is 0.886 bits per heavy atom. The van der Waals surface area contributed by atoms with Gasteiger partial charge in [-0.15, -0.1) is 0 Å². The van der Waals surface area contributed by atoms with Crippen LogP contribution in [0.1, 0.15) is 52.0 Å². The van der Waals surface area contributed by atoms with Crippen molar-refractivity contribution < 1.29 is 23.9 Å². The topological polar surface area (TPSA) is 88.2 Å². The van der Waals surface area contributed by atoms with Gasteiger partial charge in [-0.25, -0.2) is 0 Å². The molecule has 0 bridgehead atoms.